The average molecular weight is 354 g/mol. The van der Waals surface area contributed by atoms with Crippen LogP contribution in [0.3, 0.4) is 0 Å². The van der Waals surface area contributed by atoms with Crippen LogP contribution in [0.25, 0.3) is 0 Å². The fraction of sp³-hybridized carbons (Fsp3) is 0.353. The molecule has 25 heavy (non-hydrogen) atoms. The number of carbonyl (C=O) groups is 1. The molecule has 5 nitrogen and oxygen atoms in total. The van der Waals surface area contributed by atoms with Crippen LogP contribution >= 0.6 is 0 Å². The molecule has 1 N–H and O–H groups in total. The first-order chi connectivity index (χ1) is 11.7. The van der Waals surface area contributed by atoms with Gasteiger partial charge in [0.2, 0.25) is 0 Å². The highest BCUT2D eigenvalue weighted by molar-refractivity contribution is 5.69. The first-order valence-corrected chi connectivity index (χ1v) is 7.55. The number of ether oxygens (including phenoxy) is 1. The topological polar surface area (TPSA) is 72.0 Å². The lowest BCUT2D eigenvalue weighted by atomic mass is 10.1. The van der Waals surface area contributed by atoms with Gasteiger partial charge in [0.05, 0.1) is 5.56 Å². The number of aromatic amines is 1. The summed E-state index contributed by atoms with van der Waals surface area (Å²) in [6.45, 7) is 3.07. The van der Waals surface area contributed by atoms with E-state index < -0.39 is 17.7 Å². The van der Waals surface area contributed by atoms with Crippen LogP contribution in [0.2, 0.25) is 0 Å². The fourth-order valence-electron chi connectivity index (χ4n) is 2.35. The van der Waals surface area contributed by atoms with Crippen LogP contribution in [-0.4, -0.2) is 15.9 Å². The first-order valence-electron chi connectivity index (χ1n) is 7.55. The van der Waals surface area contributed by atoms with Crippen molar-refractivity contribution in [3.8, 4) is 0 Å². The molecule has 2 rings (SSSR count). The molecule has 0 atom stereocenters. The molecule has 0 saturated carbocycles. The molecule has 0 saturated heterocycles. The Morgan fingerprint density at radius 2 is 2.00 bits per heavy atom. The van der Waals surface area contributed by atoms with E-state index in [2.05, 4.69) is 9.97 Å². The van der Waals surface area contributed by atoms with Crippen molar-refractivity contribution in [3.05, 3.63) is 62.8 Å². The van der Waals surface area contributed by atoms with Gasteiger partial charge in [-0.2, -0.15) is 13.2 Å². The zero-order valence-electron chi connectivity index (χ0n) is 13.7. The van der Waals surface area contributed by atoms with Crippen molar-refractivity contribution in [2.45, 2.75) is 39.5 Å². The fourth-order valence-corrected chi connectivity index (χ4v) is 2.35. The maximum atomic E-state index is 12.6. The molecular weight excluding hydrogens is 337 g/mol. The van der Waals surface area contributed by atoms with E-state index in [9.17, 15) is 22.8 Å². The zero-order chi connectivity index (χ0) is 18.6. The predicted octanol–water partition coefficient (Wildman–Crippen LogP) is 3.08. The second-order valence-electron chi connectivity index (χ2n) is 5.57. The summed E-state index contributed by atoms with van der Waals surface area (Å²) in [5.41, 5.74) is 0.0624. The summed E-state index contributed by atoms with van der Waals surface area (Å²) in [5, 5.41) is 0. The van der Waals surface area contributed by atoms with E-state index in [-0.39, 0.29) is 30.6 Å². The number of rotatable bonds is 5. The number of nitrogens with one attached hydrogen (secondary N) is 1. The van der Waals surface area contributed by atoms with Gasteiger partial charge in [0.15, 0.2) is 0 Å². The van der Waals surface area contributed by atoms with Crippen LogP contribution in [-0.2, 0) is 28.7 Å². The maximum absolute atomic E-state index is 12.6. The third-order valence-electron chi connectivity index (χ3n) is 3.57. The number of benzene rings is 1. The molecule has 0 bridgehead atoms. The van der Waals surface area contributed by atoms with Crippen LogP contribution < -0.4 is 5.56 Å². The lowest BCUT2D eigenvalue weighted by Gasteiger charge is -2.09. The van der Waals surface area contributed by atoms with Gasteiger partial charge < -0.3 is 9.72 Å². The molecule has 0 aliphatic rings. The molecule has 0 unspecified atom stereocenters. The summed E-state index contributed by atoms with van der Waals surface area (Å²) in [5.74, 6) is -0.116. The summed E-state index contributed by atoms with van der Waals surface area (Å²) in [7, 11) is 0. The second kappa shape index (κ2) is 7.50. The number of halogens is 3. The second-order valence-corrected chi connectivity index (χ2v) is 5.57. The quantitative estimate of drug-likeness (QED) is 0.838. The summed E-state index contributed by atoms with van der Waals surface area (Å²) in [4.78, 5) is 30.3. The SMILES string of the molecule is Cc1nc(C)c(CCC(=O)OCc2cccc(C(F)(F)F)c2)c(=O)[nH]1. The summed E-state index contributed by atoms with van der Waals surface area (Å²) < 4.78 is 42.9. The molecule has 1 aromatic heterocycles. The highest BCUT2D eigenvalue weighted by Gasteiger charge is 2.30. The van der Waals surface area contributed by atoms with Crippen LogP contribution in [0, 0.1) is 13.8 Å². The van der Waals surface area contributed by atoms with Gasteiger partial charge in [0.25, 0.3) is 5.56 Å². The van der Waals surface area contributed by atoms with E-state index in [1.807, 2.05) is 0 Å². The molecule has 0 aliphatic heterocycles. The molecule has 2 aromatic rings. The number of carbonyl (C=O) groups excluding carboxylic acids is 1. The molecule has 134 valence electrons. The van der Waals surface area contributed by atoms with Crippen LogP contribution in [0.1, 0.15) is 34.6 Å². The highest BCUT2D eigenvalue weighted by atomic mass is 19.4. The van der Waals surface area contributed by atoms with Gasteiger partial charge in [-0.25, -0.2) is 4.98 Å². The van der Waals surface area contributed by atoms with Gasteiger partial charge >= 0.3 is 12.1 Å². The van der Waals surface area contributed by atoms with Crippen molar-refractivity contribution >= 4 is 5.97 Å². The Bertz CT molecular complexity index is 829. The van der Waals surface area contributed by atoms with E-state index in [1.165, 1.54) is 12.1 Å². The minimum Gasteiger partial charge on any atom is -0.461 e. The standard InChI is InChI=1S/C17H17F3N2O3/c1-10-14(16(24)22-11(2)21-10)6-7-15(23)25-9-12-4-3-5-13(8-12)17(18,19)20/h3-5,8H,6-7,9H2,1-2H3,(H,21,22,24). The maximum Gasteiger partial charge on any atom is 0.416 e. The Morgan fingerprint density at radius 3 is 2.64 bits per heavy atom. The number of alkyl halides is 3. The van der Waals surface area contributed by atoms with E-state index in [1.54, 1.807) is 13.8 Å². The zero-order valence-corrected chi connectivity index (χ0v) is 13.7. The number of nitrogens with zero attached hydrogens (tertiary/aromatic N) is 1. The lowest BCUT2D eigenvalue weighted by molar-refractivity contribution is -0.144. The Hall–Kier alpha value is -2.64. The number of H-pyrrole nitrogens is 1. The smallest absolute Gasteiger partial charge is 0.416 e. The van der Waals surface area contributed by atoms with Gasteiger partial charge in [0.1, 0.15) is 12.4 Å². The number of hydrogen-bond acceptors (Lipinski definition) is 4. The van der Waals surface area contributed by atoms with Gasteiger partial charge in [0, 0.05) is 17.7 Å². The van der Waals surface area contributed by atoms with E-state index >= 15 is 0 Å². The minimum absolute atomic E-state index is 0.0619. The van der Waals surface area contributed by atoms with Gasteiger partial charge in [-0.15, -0.1) is 0 Å². The lowest BCUT2D eigenvalue weighted by Crippen LogP contribution is -2.19. The average Bonchev–Trinajstić information content (AvgIpc) is 2.51. The first kappa shape index (κ1) is 18.7. The molecule has 1 aromatic carbocycles. The van der Waals surface area contributed by atoms with E-state index in [0.29, 0.717) is 17.1 Å². The van der Waals surface area contributed by atoms with Crippen molar-refractivity contribution in [1.82, 2.24) is 9.97 Å². The van der Waals surface area contributed by atoms with Crippen molar-refractivity contribution in [2.24, 2.45) is 0 Å². The van der Waals surface area contributed by atoms with Crippen molar-refractivity contribution in [2.75, 3.05) is 0 Å². The third kappa shape index (κ3) is 5.17. The van der Waals surface area contributed by atoms with Crippen molar-refractivity contribution in [3.63, 3.8) is 0 Å². The summed E-state index contributed by atoms with van der Waals surface area (Å²) in [6.07, 6.45) is -4.36. The number of esters is 1. The molecule has 0 radical (unpaired) electrons. The molecule has 1 heterocycles. The Balaban J connectivity index is 1.93. The molecular formula is C17H17F3N2O3. The molecule has 0 fully saturated rings. The van der Waals surface area contributed by atoms with Crippen LogP contribution in [0.4, 0.5) is 13.2 Å². The van der Waals surface area contributed by atoms with E-state index in [4.69, 9.17) is 4.74 Å². The van der Waals surface area contributed by atoms with Gasteiger partial charge in [-0.1, -0.05) is 12.1 Å². The third-order valence-corrected chi connectivity index (χ3v) is 3.57. The van der Waals surface area contributed by atoms with Gasteiger partial charge in [-0.05, 0) is 38.0 Å². The largest absolute Gasteiger partial charge is 0.461 e. The summed E-state index contributed by atoms with van der Waals surface area (Å²) in [6, 6.07) is 4.59. The minimum atomic E-state index is -4.45. The summed E-state index contributed by atoms with van der Waals surface area (Å²) >= 11 is 0. The normalized spacial score (nSPS) is 11.4. The molecule has 0 amide bonds. The highest BCUT2D eigenvalue weighted by Crippen LogP contribution is 2.29. The number of hydrogen-bond donors (Lipinski definition) is 1. The Morgan fingerprint density at radius 1 is 1.28 bits per heavy atom. The molecule has 8 heteroatoms. The molecule has 0 aliphatic carbocycles. The van der Waals surface area contributed by atoms with Crippen LogP contribution in [0.5, 0.6) is 0 Å². The van der Waals surface area contributed by atoms with Crippen molar-refractivity contribution < 1.29 is 22.7 Å². The Kier molecular flexibility index (Phi) is 5.61. The van der Waals surface area contributed by atoms with Crippen molar-refractivity contribution in [1.29, 1.82) is 0 Å². The number of aromatic nitrogens is 2. The Labute approximate surface area is 141 Å². The monoisotopic (exact) mass is 354 g/mol. The van der Waals surface area contributed by atoms with E-state index in [0.717, 1.165) is 12.1 Å². The van der Waals surface area contributed by atoms with Gasteiger partial charge in [-0.3, -0.25) is 9.59 Å². The molecule has 0 spiro atoms. The van der Waals surface area contributed by atoms with Crippen LogP contribution in [0.15, 0.2) is 29.1 Å². The number of aryl methyl sites for hydroxylation is 2. The predicted molar refractivity (Wildman–Crippen MR) is 83.9 cm³/mol.